The van der Waals surface area contributed by atoms with Gasteiger partial charge >= 0.3 is 0 Å². The Kier molecular flexibility index (Phi) is 2.87. The van der Waals surface area contributed by atoms with Gasteiger partial charge in [-0.1, -0.05) is 57.9 Å². The van der Waals surface area contributed by atoms with Crippen LogP contribution in [0.2, 0.25) is 0 Å². The van der Waals surface area contributed by atoms with Gasteiger partial charge in [-0.3, -0.25) is 0 Å². The Hall–Kier alpha value is -1.34. The van der Waals surface area contributed by atoms with Crippen molar-refractivity contribution in [1.29, 1.82) is 0 Å². The van der Waals surface area contributed by atoms with Crippen molar-refractivity contribution in [3.05, 3.63) is 63.6 Å². The van der Waals surface area contributed by atoms with Crippen LogP contribution in [0.1, 0.15) is 23.6 Å². The average molecular weight is 299 g/mol. The summed E-state index contributed by atoms with van der Waals surface area (Å²) in [7, 11) is 0. The molecule has 0 saturated heterocycles. The molecule has 0 heterocycles. The largest absolute Gasteiger partial charge is 0.0765 e. The third-order valence-electron chi connectivity index (χ3n) is 3.60. The molecule has 90 valence electrons. The number of rotatable bonds is 1. The molecule has 0 radical (unpaired) electrons. The molecule has 0 amide bonds. The van der Waals surface area contributed by atoms with Gasteiger partial charge in [0.15, 0.2) is 0 Å². The van der Waals surface area contributed by atoms with Gasteiger partial charge in [0.05, 0.1) is 0 Å². The van der Waals surface area contributed by atoms with Gasteiger partial charge < -0.3 is 0 Å². The zero-order chi connectivity index (χ0) is 12.7. The summed E-state index contributed by atoms with van der Waals surface area (Å²) >= 11 is 3.71. The Morgan fingerprint density at radius 3 is 2.33 bits per heavy atom. The molecular formula is C17H15Br. The van der Waals surface area contributed by atoms with Gasteiger partial charge in [-0.25, -0.2) is 0 Å². The van der Waals surface area contributed by atoms with Gasteiger partial charge in [-0.05, 0) is 48.6 Å². The molecule has 0 aliphatic heterocycles. The summed E-state index contributed by atoms with van der Waals surface area (Å²) in [6, 6.07) is 13.2. The first-order valence-electron chi connectivity index (χ1n) is 6.22. The van der Waals surface area contributed by atoms with E-state index in [-0.39, 0.29) is 0 Å². The van der Waals surface area contributed by atoms with Crippen molar-refractivity contribution in [3.8, 4) is 11.1 Å². The van der Waals surface area contributed by atoms with Crippen LogP contribution in [-0.2, 0) is 6.42 Å². The van der Waals surface area contributed by atoms with Gasteiger partial charge in [0.1, 0.15) is 0 Å². The average Bonchev–Trinajstić information content (AvgIpc) is 2.73. The SMILES string of the molecule is CC1=CCc2ccc(Br)c(-c3ccc(C)cc3)c21. The summed E-state index contributed by atoms with van der Waals surface area (Å²) in [4.78, 5) is 0. The quantitative estimate of drug-likeness (QED) is 0.663. The molecule has 0 nitrogen and oxygen atoms in total. The fourth-order valence-electron chi connectivity index (χ4n) is 2.61. The van der Waals surface area contributed by atoms with Crippen LogP contribution in [0, 0.1) is 6.92 Å². The number of allylic oxidation sites excluding steroid dienone is 2. The predicted molar refractivity (Wildman–Crippen MR) is 81.7 cm³/mol. The molecule has 18 heavy (non-hydrogen) atoms. The lowest BCUT2D eigenvalue weighted by molar-refractivity contribution is 1.30. The maximum absolute atomic E-state index is 3.71. The van der Waals surface area contributed by atoms with Gasteiger partial charge in [-0.2, -0.15) is 0 Å². The van der Waals surface area contributed by atoms with E-state index in [4.69, 9.17) is 0 Å². The van der Waals surface area contributed by atoms with Gasteiger partial charge in [0, 0.05) is 10.0 Å². The smallest absolute Gasteiger partial charge is 0.0260 e. The molecule has 0 bridgehead atoms. The van der Waals surface area contributed by atoms with Crippen molar-refractivity contribution < 1.29 is 0 Å². The number of aryl methyl sites for hydroxylation is 1. The molecule has 2 aromatic rings. The third kappa shape index (κ3) is 1.83. The monoisotopic (exact) mass is 298 g/mol. The lowest BCUT2D eigenvalue weighted by atomic mass is 9.94. The standard InChI is InChI=1S/C17H15Br/c1-11-3-6-14(7-4-11)17-15(18)10-9-13-8-5-12(2)16(13)17/h3-7,9-10H,8H2,1-2H3. The fourth-order valence-corrected chi connectivity index (χ4v) is 3.17. The Morgan fingerprint density at radius 2 is 1.61 bits per heavy atom. The normalized spacial score (nSPS) is 13.4. The molecule has 1 aliphatic carbocycles. The summed E-state index contributed by atoms with van der Waals surface area (Å²) < 4.78 is 1.18. The Labute approximate surface area is 116 Å². The van der Waals surface area contributed by atoms with Crippen molar-refractivity contribution >= 4 is 21.5 Å². The first kappa shape index (κ1) is 11.7. The van der Waals surface area contributed by atoms with Crippen molar-refractivity contribution in [2.24, 2.45) is 0 Å². The summed E-state index contributed by atoms with van der Waals surface area (Å²) in [5.41, 5.74) is 8.16. The Morgan fingerprint density at radius 1 is 0.889 bits per heavy atom. The number of fused-ring (bicyclic) bond motifs is 1. The molecule has 0 unspecified atom stereocenters. The summed E-state index contributed by atoms with van der Waals surface area (Å²) in [6.07, 6.45) is 3.38. The minimum Gasteiger partial charge on any atom is -0.0765 e. The van der Waals surface area contributed by atoms with E-state index in [1.807, 2.05) is 0 Å². The number of halogens is 1. The highest BCUT2D eigenvalue weighted by Crippen LogP contribution is 2.40. The molecule has 0 N–H and O–H groups in total. The second kappa shape index (κ2) is 4.40. The first-order chi connectivity index (χ1) is 8.66. The lowest BCUT2D eigenvalue weighted by Gasteiger charge is -2.13. The van der Waals surface area contributed by atoms with Crippen LogP contribution < -0.4 is 0 Å². The van der Waals surface area contributed by atoms with E-state index in [1.165, 1.54) is 37.9 Å². The maximum atomic E-state index is 3.71. The molecule has 0 spiro atoms. The Balaban J connectivity index is 2.26. The maximum Gasteiger partial charge on any atom is 0.0260 e. The van der Waals surface area contributed by atoms with Crippen molar-refractivity contribution in [1.82, 2.24) is 0 Å². The fraction of sp³-hybridized carbons (Fsp3) is 0.176. The number of hydrogen-bond donors (Lipinski definition) is 0. The molecule has 1 aliphatic rings. The van der Waals surface area contributed by atoms with Crippen LogP contribution in [0.3, 0.4) is 0 Å². The number of benzene rings is 2. The van der Waals surface area contributed by atoms with Crippen molar-refractivity contribution in [3.63, 3.8) is 0 Å². The van der Waals surface area contributed by atoms with Crippen LogP contribution in [0.5, 0.6) is 0 Å². The van der Waals surface area contributed by atoms with E-state index >= 15 is 0 Å². The van der Waals surface area contributed by atoms with E-state index < -0.39 is 0 Å². The highest BCUT2D eigenvalue weighted by molar-refractivity contribution is 9.10. The molecule has 0 fully saturated rings. The van der Waals surface area contributed by atoms with E-state index in [0.717, 1.165) is 6.42 Å². The summed E-state index contributed by atoms with van der Waals surface area (Å²) in [5.74, 6) is 0. The third-order valence-corrected chi connectivity index (χ3v) is 4.26. The second-order valence-electron chi connectivity index (χ2n) is 4.91. The van der Waals surface area contributed by atoms with Crippen LogP contribution in [-0.4, -0.2) is 0 Å². The van der Waals surface area contributed by atoms with Crippen LogP contribution >= 0.6 is 15.9 Å². The minimum atomic E-state index is 1.06. The first-order valence-corrected chi connectivity index (χ1v) is 7.01. The lowest BCUT2D eigenvalue weighted by Crippen LogP contribution is -1.91. The van der Waals surface area contributed by atoms with E-state index in [2.05, 4.69) is 72.3 Å². The highest BCUT2D eigenvalue weighted by atomic mass is 79.9. The van der Waals surface area contributed by atoms with Crippen LogP contribution in [0.15, 0.2) is 46.9 Å². The summed E-state index contributed by atoms with van der Waals surface area (Å²) in [5, 5.41) is 0. The van der Waals surface area contributed by atoms with E-state index in [1.54, 1.807) is 0 Å². The molecule has 0 aromatic heterocycles. The van der Waals surface area contributed by atoms with Crippen LogP contribution in [0.4, 0.5) is 0 Å². The van der Waals surface area contributed by atoms with E-state index in [0.29, 0.717) is 0 Å². The second-order valence-corrected chi connectivity index (χ2v) is 5.77. The van der Waals surface area contributed by atoms with E-state index in [9.17, 15) is 0 Å². The molecule has 3 rings (SSSR count). The van der Waals surface area contributed by atoms with Gasteiger partial charge in [0.25, 0.3) is 0 Å². The number of hydrogen-bond acceptors (Lipinski definition) is 0. The predicted octanol–water partition coefficient (Wildman–Crippen LogP) is 5.38. The molecule has 1 heteroatoms. The molecule has 0 atom stereocenters. The van der Waals surface area contributed by atoms with Crippen molar-refractivity contribution in [2.75, 3.05) is 0 Å². The summed E-state index contributed by atoms with van der Waals surface area (Å²) in [6.45, 7) is 4.33. The van der Waals surface area contributed by atoms with Crippen molar-refractivity contribution in [2.45, 2.75) is 20.3 Å². The zero-order valence-corrected chi connectivity index (χ0v) is 12.2. The minimum absolute atomic E-state index is 1.06. The molecule has 2 aromatic carbocycles. The molecular weight excluding hydrogens is 284 g/mol. The van der Waals surface area contributed by atoms with Gasteiger partial charge in [0.2, 0.25) is 0 Å². The Bertz CT molecular complexity index is 633. The van der Waals surface area contributed by atoms with Crippen LogP contribution in [0.25, 0.3) is 16.7 Å². The highest BCUT2D eigenvalue weighted by Gasteiger charge is 2.18. The topological polar surface area (TPSA) is 0 Å². The molecule has 0 saturated carbocycles. The van der Waals surface area contributed by atoms with Gasteiger partial charge in [-0.15, -0.1) is 0 Å². The zero-order valence-electron chi connectivity index (χ0n) is 10.6.